The van der Waals surface area contributed by atoms with Crippen LogP contribution in [0.15, 0.2) is 70.5 Å². The first-order valence-corrected chi connectivity index (χ1v) is 11.3. The van der Waals surface area contributed by atoms with E-state index < -0.39 is 20.0 Å². The molecular weight excluding hydrogens is 416 g/mol. The molecule has 0 aliphatic heterocycles. The molecule has 1 aromatic heterocycles. The summed E-state index contributed by atoms with van der Waals surface area (Å²) >= 11 is 0. The Labute approximate surface area is 168 Å². The van der Waals surface area contributed by atoms with Crippen LogP contribution < -0.4 is 14.2 Å². The molecule has 0 unspecified atom stereocenters. The highest BCUT2D eigenvalue weighted by Gasteiger charge is 2.17. The molecule has 29 heavy (non-hydrogen) atoms. The first-order valence-electron chi connectivity index (χ1n) is 8.30. The quantitative estimate of drug-likeness (QED) is 0.584. The summed E-state index contributed by atoms with van der Waals surface area (Å²) in [7, 11) is -6.29. The Kier molecular flexibility index (Phi) is 5.71. The van der Waals surface area contributed by atoms with Gasteiger partial charge in [-0.3, -0.25) is 9.44 Å². The van der Waals surface area contributed by atoms with Gasteiger partial charge in [-0.2, -0.15) is 0 Å². The summed E-state index contributed by atoms with van der Waals surface area (Å²) in [5.41, 5.74) is 1.04. The van der Waals surface area contributed by atoms with Gasteiger partial charge >= 0.3 is 0 Å². The molecule has 3 rings (SSSR count). The van der Waals surface area contributed by atoms with E-state index in [4.69, 9.17) is 4.74 Å². The molecule has 2 aromatic carbocycles. The number of ether oxygens (including phenoxy) is 1. The Hall–Kier alpha value is -3.18. The Morgan fingerprint density at radius 1 is 0.793 bits per heavy atom. The van der Waals surface area contributed by atoms with Gasteiger partial charge in [0.1, 0.15) is 0 Å². The average Bonchev–Trinajstić information content (AvgIpc) is 2.68. The Balaban J connectivity index is 1.76. The number of aromatic nitrogens is 2. The third kappa shape index (κ3) is 5.00. The van der Waals surface area contributed by atoms with Crippen molar-refractivity contribution in [3.63, 3.8) is 0 Å². The molecule has 0 spiro atoms. The maximum Gasteiger partial charge on any atom is 0.263 e. The number of aryl methyl sites for hydroxylation is 1. The number of sulfonamides is 2. The van der Waals surface area contributed by atoms with Crippen LogP contribution in [0.1, 0.15) is 5.56 Å². The molecule has 0 amide bonds. The molecule has 3 aromatic rings. The number of hydrogen-bond acceptors (Lipinski definition) is 7. The smallest absolute Gasteiger partial charge is 0.263 e. The monoisotopic (exact) mass is 434 g/mol. The molecule has 0 bridgehead atoms. The molecular formula is C18H18N4O5S2. The zero-order chi connectivity index (χ0) is 21.1. The fourth-order valence-electron chi connectivity index (χ4n) is 2.38. The van der Waals surface area contributed by atoms with E-state index in [9.17, 15) is 16.8 Å². The molecule has 9 nitrogen and oxygen atoms in total. The van der Waals surface area contributed by atoms with Crippen LogP contribution in [0.3, 0.4) is 0 Å². The molecule has 152 valence electrons. The SMILES string of the molecule is COc1ccc(NS(=O)(=O)c2ccc(NS(=O)(=O)c3cccc(C)c3)cc2)nn1. The minimum Gasteiger partial charge on any atom is -0.480 e. The van der Waals surface area contributed by atoms with Gasteiger partial charge in [0, 0.05) is 11.8 Å². The second kappa shape index (κ2) is 8.05. The zero-order valence-corrected chi connectivity index (χ0v) is 17.2. The van der Waals surface area contributed by atoms with Crippen LogP contribution in [0.4, 0.5) is 11.5 Å². The van der Waals surface area contributed by atoms with Crippen LogP contribution in [0, 0.1) is 6.92 Å². The van der Waals surface area contributed by atoms with Crippen LogP contribution in [-0.4, -0.2) is 34.1 Å². The third-order valence-corrected chi connectivity index (χ3v) is 6.55. The summed E-state index contributed by atoms with van der Waals surface area (Å²) in [6.45, 7) is 1.79. The van der Waals surface area contributed by atoms with Gasteiger partial charge < -0.3 is 4.74 Å². The van der Waals surface area contributed by atoms with Gasteiger partial charge in [-0.15, -0.1) is 10.2 Å². The van der Waals surface area contributed by atoms with Gasteiger partial charge in [-0.05, 0) is 55.0 Å². The standard InChI is InChI=1S/C18H18N4O5S2/c1-13-4-3-5-16(12-13)29(25,26)21-14-6-8-15(9-7-14)28(23,24)22-17-10-11-18(27-2)20-19-17/h3-12,21H,1-2H3,(H,19,22). The molecule has 11 heteroatoms. The molecule has 0 saturated heterocycles. The minimum absolute atomic E-state index is 0.0232. The van der Waals surface area contributed by atoms with Crippen LogP contribution >= 0.6 is 0 Å². The first kappa shape index (κ1) is 20.6. The fourth-order valence-corrected chi connectivity index (χ4v) is 4.54. The van der Waals surface area contributed by atoms with Crippen molar-refractivity contribution in [2.75, 3.05) is 16.6 Å². The predicted molar refractivity (Wildman–Crippen MR) is 108 cm³/mol. The predicted octanol–water partition coefficient (Wildman–Crippen LogP) is 2.40. The number of methoxy groups -OCH3 is 1. The first-order chi connectivity index (χ1) is 13.7. The number of anilines is 2. The van der Waals surface area contributed by atoms with Crippen molar-refractivity contribution in [2.24, 2.45) is 0 Å². The third-order valence-electron chi connectivity index (χ3n) is 3.80. The van der Waals surface area contributed by atoms with Crippen molar-refractivity contribution < 1.29 is 21.6 Å². The highest BCUT2D eigenvalue weighted by atomic mass is 32.2. The van der Waals surface area contributed by atoms with Crippen molar-refractivity contribution in [1.29, 1.82) is 0 Å². The van der Waals surface area contributed by atoms with Gasteiger partial charge in [-0.1, -0.05) is 12.1 Å². The van der Waals surface area contributed by atoms with E-state index in [-0.39, 0.29) is 27.2 Å². The number of hydrogen-bond donors (Lipinski definition) is 2. The molecule has 0 fully saturated rings. The summed E-state index contributed by atoms with van der Waals surface area (Å²) in [6.07, 6.45) is 0. The summed E-state index contributed by atoms with van der Waals surface area (Å²) in [5.74, 6) is 0.272. The van der Waals surface area contributed by atoms with E-state index in [0.29, 0.717) is 0 Å². The van der Waals surface area contributed by atoms with Crippen molar-refractivity contribution in [3.05, 3.63) is 66.2 Å². The topological polar surface area (TPSA) is 127 Å². The van der Waals surface area contributed by atoms with Gasteiger partial charge in [0.05, 0.1) is 16.9 Å². The number of rotatable bonds is 7. The minimum atomic E-state index is -3.92. The van der Waals surface area contributed by atoms with E-state index >= 15 is 0 Å². The van der Waals surface area contributed by atoms with Crippen LogP contribution in [0.5, 0.6) is 5.88 Å². The van der Waals surface area contributed by atoms with Crippen LogP contribution in [0.25, 0.3) is 0 Å². The summed E-state index contributed by atoms with van der Waals surface area (Å²) < 4.78 is 59.4. The molecule has 0 aliphatic carbocycles. The summed E-state index contributed by atoms with van der Waals surface area (Å²) in [6, 6.07) is 14.6. The highest BCUT2D eigenvalue weighted by Crippen LogP contribution is 2.20. The molecule has 2 N–H and O–H groups in total. The Morgan fingerprint density at radius 2 is 1.48 bits per heavy atom. The number of nitrogens with one attached hydrogen (secondary N) is 2. The molecule has 0 saturated carbocycles. The maximum absolute atomic E-state index is 12.5. The fraction of sp³-hybridized carbons (Fsp3) is 0.111. The lowest BCUT2D eigenvalue weighted by Gasteiger charge is -2.10. The van der Waals surface area contributed by atoms with E-state index in [0.717, 1.165) is 5.56 Å². The van der Waals surface area contributed by atoms with E-state index in [1.807, 2.05) is 0 Å². The maximum atomic E-state index is 12.5. The summed E-state index contributed by atoms with van der Waals surface area (Å²) in [5, 5.41) is 7.40. The lowest BCUT2D eigenvalue weighted by Crippen LogP contribution is -2.15. The second-order valence-corrected chi connectivity index (χ2v) is 9.38. The molecule has 1 heterocycles. The van der Waals surface area contributed by atoms with Gasteiger partial charge in [0.2, 0.25) is 5.88 Å². The Bertz CT molecular complexity index is 1210. The normalized spacial score (nSPS) is 11.7. The number of nitrogens with zero attached hydrogens (tertiary/aromatic N) is 2. The van der Waals surface area contributed by atoms with Gasteiger partial charge in [-0.25, -0.2) is 16.8 Å². The van der Waals surface area contributed by atoms with Gasteiger partial charge in [0.15, 0.2) is 5.82 Å². The van der Waals surface area contributed by atoms with Crippen LogP contribution in [-0.2, 0) is 20.0 Å². The Morgan fingerprint density at radius 3 is 2.07 bits per heavy atom. The molecule has 0 radical (unpaired) electrons. The average molecular weight is 434 g/mol. The van der Waals surface area contributed by atoms with Crippen molar-refractivity contribution in [2.45, 2.75) is 16.7 Å². The highest BCUT2D eigenvalue weighted by molar-refractivity contribution is 7.93. The van der Waals surface area contributed by atoms with E-state index in [1.54, 1.807) is 25.1 Å². The lowest BCUT2D eigenvalue weighted by molar-refractivity contribution is 0.392. The summed E-state index contributed by atoms with van der Waals surface area (Å²) in [4.78, 5) is 0.0579. The number of benzene rings is 2. The molecule has 0 atom stereocenters. The largest absolute Gasteiger partial charge is 0.480 e. The zero-order valence-electron chi connectivity index (χ0n) is 15.5. The van der Waals surface area contributed by atoms with Crippen molar-refractivity contribution in [3.8, 4) is 5.88 Å². The second-order valence-electron chi connectivity index (χ2n) is 6.01. The van der Waals surface area contributed by atoms with Crippen molar-refractivity contribution >= 4 is 31.6 Å². The van der Waals surface area contributed by atoms with Crippen molar-refractivity contribution in [1.82, 2.24) is 10.2 Å². The van der Waals surface area contributed by atoms with Gasteiger partial charge in [0.25, 0.3) is 20.0 Å². The lowest BCUT2D eigenvalue weighted by atomic mass is 10.2. The van der Waals surface area contributed by atoms with E-state index in [2.05, 4.69) is 19.6 Å². The van der Waals surface area contributed by atoms with Crippen LogP contribution in [0.2, 0.25) is 0 Å². The molecule has 0 aliphatic rings. The van der Waals surface area contributed by atoms with E-state index in [1.165, 1.54) is 49.6 Å².